The van der Waals surface area contributed by atoms with Crippen LogP contribution in [0.5, 0.6) is 0 Å². The molecule has 0 aromatic heterocycles. The first kappa shape index (κ1) is 18.4. The van der Waals surface area contributed by atoms with Gasteiger partial charge in [-0.1, -0.05) is 24.3 Å². The third-order valence-corrected chi connectivity index (χ3v) is 10.8. The zero-order valence-corrected chi connectivity index (χ0v) is 15.7. The van der Waals surface area contributed by atoms with Crippen molar-refractivity contribution in [3.05, 3.63) is 35.4 Å². The molecule has 0 N–H and O–H groups in total. The second-order valence-corrected chi connectivity index (χ2v) is 11.5. The third-order valence-electron chi connectivity index (χ3n) is 4.83. The fraction of sp³-hybridized carbons (Fsp3) is 0.625. The Labute approximate surface area is 139 Å². The van der Waals surface area contributed by atoms with E-state index in [0.717, 1.165) is 0 Å². The molecule has 1 aliphatic rings. The minimum absolute atomic E-state index is 0.0511. The third kappa shape index (κ3) is 2.94. The second kappa shape index (κ2) is 6.18. The predicted molar refractivity (Wildman–Crippen MR) is 92.8 cm³/mol. The maximum absolute atomic E-state index is 13.0. The van der Waals surface area contributed by atoms with Gasteiger partial charge in [0, 0.05) is 12.5 Å². The largest absolute Gasteiger partial charge is 0.307 e. The number of hydrogen-bond acceptors (Lipinski definition) is 5. The molecule has 23 heavy (non-hydrogen) atoms. The highest BCUT2D eigenvalue weighted by molar-refractivity contribution is 8.10. The lowest BCUT2D eigenvalue weighted by Gasteiger charge is -2.40. The Morgan fingerprint density at radius 1 is 1.09 bits per heavy atom. The highest BCUT2D eigenvalue weighted by Gasteiger charge is 2.58. The molecule has 0 radical (unpaired) electrons. The number of nitrogens with zero attached hydrogens (tertiary/aromatic N) is 1. The smallest absolute Gasteiger partial charge is 0.199 e. The molecule has 1 aromatic carbocycles. The molecule has 1 fully saturated rings. The molecular weight excluding hydrogens is 334 g/mol. The molecule has 1 atom stereocenters. The Kier molecular flexibility index (Phi) is 4.95. The van der Waals surface area contributed by atoms with Crippen LogP contribution >= 0.6 is 0 Å². The lowest BCUT2D eigenvalue weighted by Crippen LogP contribution is -2.52. The number of aryl methyl sites for hydroxylation is 1. The van der Waals surface area contributed by atoms with Gasteiger partial charge in [0.05, 0.1) is 11.5 Å². The van der Waals surface area contributed by atoms with Crippen LogP contribution in [-0.2, 0) is 23.8 Å². The van der Waals surface area contributed by atoms with E-state index in [4.69, 9.17) is 0 Å². The van der Waals surface area contributed by atoms with Crippen molar-refractivity contribution in [1.29, 1.82) is 0 Å². The summed E-state index contributed by atoms with van der Waals surface area (Å²) in [6, 6.07) is 6.75. The summed E-state index contributed by atoms with van der Waals surface area (Å²) < 4.78 is 50.3. The van der Waals surface area contributed by atoms with Crippen LogP contribution in [0.2, 0.25) is 0 Å². The highest BCUT2D eigenvalue weighted by Crippen LogP contribution is 2.46. The van der Waals surface area contributed by atoms with E-state index in [9.17, 15) is 16.8 Å². The molecule has 1 aliphatic heterocycles. The lowest BCUT2D eigenvalue weighted by molar-refractivity contribution is 0.286. The van der Waals surface area contributed by atoms with Gasteiger partial charge in [-0.2, -0.15) is 0 Å². The summed E-state index contributed by atoms with van der Waals surface area (Å²) in [5.74, 6) is -0.165. The zero-order chi connectivity index (χ0) is 17.5. The Bertz CT molecular complexity index is 748. The van der Waals surface area contributed by atoms with E-state index in [1.165, 1.54) is 0 Å². The van der Waals surface area contributed by atoms with Crippen LogP contribution in [0, 0.1) is 6.92 Å². The number of hydrogen-bond donors (Lipinski definition) is 0. The number of benzene rings is 1. The Balaban J connectivity index is 2.81. The minimum atomic E-state index is -3.81. The van der Waals surface area contributed by atoms with E-state index >= 15 is 0 Å². The van der Waals surface area contributed by atoms with E-state index in [-0.39, 0.29) is 30.4 Å². The average Bonchev–Trinajstić information content (AvgIpc) is 2.43. The van der Waals surface area contributed by atoms with Crippen LogP contribution in [0.1, 0.15) is 30.9 Å². The SMILES string of the molecule is Cc1ccccc1C1(CC(C)N(C)C)S(=O)(=O)CCCS1(=O)=O. The fourth-order valence-corrected chi connectivity index (χ4v) is 9.29. The topological polar surface area (TPSA) is 71.5 Å². The van der Waals surface area contributed by atoms with Crippen molar-refractivity contribution in [2.24, 2.45) is 0 Å². The summed E-state index contributed by atoms with van der Waals surface area (Å²) in [7, 11) is -3.96. The van der Waals surface area contributed by atoms with Crippen LogP contribution in [0.25, 0.3) is 0 Å². The molecule has 0 amide bonds. The normalized spacial score (nSPS) is 23.5. The van der Waals surface area contributed by atoms with Crippen molar-refractivity contribution in [3.8, 4) is 0 Å². The quantitative estimate of drug-likeness (QED) is 0.818. The summed E-state index contributed by atoms with van der Waals surface area (Å²) in [6.07, 6.45) is 0.226. The van der Waals surface area contributed by atoms with Crippen LogP contribution in [-0.4, -0.2) is 53.4 Å². The van der Waals surface area contributed by atoms with E-state index < -0.39 is 23.8 Å². The van der Waals surface area contributed by atoms with Gasteiger partial charge >= 0.3 is 0 Å². The van der Waals surface area contributed by atoms with Crippen LogP contribution < -0.4 is 0 Å². The number of sulfone groups is 2. The lowest BCUT2D eigenvalue weighted by atomic mass is 10.00. The molecule has 0 saturated carbocycles. The Hall–Kier alpha value is -0.920. The molecule has 1 aromatic rings. The molecule has 130 valence electrons. The summed E-state index contributed by atoms with van der Waals surface area (Å²) in [5.41, 5.74) is 1.11. The first-order valence-corrected chi connectivity index (χ1v) is 11.0. The Morgan fingerprint density at radius 2 is 1.61 bits per heavy atom. The summed E-state index contributed by atoms with van der Waals surface area (Å²) in [5, 5.41) is 0. The van der Waals surface area contributed by atoms with E-state index in [1.54, 1.807) is 31.2 Å². The second-order valence-electron chi connectivity index (χ2n) is 6.58. The van der Waals surface area contributed by atoms with E-state index in [0.29, 0.717) is 11.1 Å². The molecule has 0 spiro atoms. The van der Waals surface area contributed by atoms with Crippen LogP contribution in [0.4, 0.5) is 0 Å². The molecular formula is C16H25NO4S2. The summed E-state index contributed by atoms with van der Waals surface area (Å²) >= 11 is 0. The maximum Gasteiger partial charge on any atom is 0.199 e. The van der Waals surface area contributed by atoms with Crippen molar-refractivity contribution < 1.29 is 16.8 Å². The van der Waals surface area contributed by atoms with Crippen molar-refractivity contribution in [2.75, 3.05) is 25.6 Å². The molecule has 0 aliphatic carbocycles. The molecule has 1 saturated heterocycles. The van der Waals surface area contributed by atoms with Crippen molar-refractivity contribution >= 4 is 19.7 Å². The minimum Gasteiger partial charge on any atom is -0.307 e. The van der Waals surface area contributed by atoms with Gasteiger partial charge in [0.25, 0.3) is 0 Å². The molecule has 5 nitrogen and oxygen atoms in total. The van der Waals surface area contributed by atoms with Gasteiger partial charge in [0.15, 0.2) is 23.8 Å². The van der Waals surface area contributed by atoms with Crippen molar-refractivity contribution in [2.45, 2.75) is 36.8 Å². The van der Waals surface area contributed by atoms with Crippen molar-refractivity contribution in [1.82, 2.24) is 4.90 Å². The van der Waals surface area contributed by atoms with Crippen LogP contribution in [0.15, 0.2) is 24.3 Å². The molecule has 7 heteroatoms. The van der Waals surface area contributed by atoms with Gasteiger partial charge in [0.1, 0.15) is 0 Å². The van der Waals surface area contributed by atoms with Crippen LogP contribution in [0.3, 0.4) is 0 Å². The van der Waals surface area contributed by atoms with Gasteiger partial charge in [-0.25, -0.2) is 16.8 Å². The van der Waals surface area contributed by atoms with Gasteiger partial charge in [-0.05, 0) is 45.5 Å². The van der Waals surface area contributed by atoms with Gasteiger partial charge in [-0.3, -0.25) is 0 Å². The first-order valence-electron chi connectivity index (χ1n) is 7.72. The Morgan fingerprint density at radius 3 is 2.09 bits per heavy atom. The van der Waals surface area contributed by atoms with Gasteiger partial charge in [0.2, 0.25) is 0 Å². The standard InChI is InChI=1S/C16H25NO4S2/c1-13-8-5-6-9-15(13)16(12-14(2)17(3)4)22(18,19)10-7-11-23(16,20)21/h5-6,8-9,14H,7,10-12H2,1-4H3. The summed E-state index contributed by atoms with van der Waals surface area (Å²) in [4.78, 5) is 1.86. The first-order chi connectivity index (χ1) is 10.6. The predicted octanol–water partition coefficient (Wildman–Crippen LogP) is 1.72. The highest BCUT2D eigenvalue weighted by atomic mass is 32.3. The summed E-state index contributed by atoms with van der Waals surface area (Å²) in [6.45, 7) is 3.64. The molecule has 2 rings (SSSR count). The maximum atomic E-state index is 13.0. The van der Waals surface area contributed by atoms with Crippen molar-refractivity contribution in [3.63, 3.8) is 0 Å². The number of rotatable bonds is 4. The van der Waals surface area contributed by atoms with E-state index in [1.807, 2.05) is 25.9 Å². The molecule has 0 bridgehead atoms. The molecule has 1 heterocycles. The average molecular weight is 360 g/mol. The fourth-order valence-electron chi connectivity index (χ4n) is 3.23. The van der Waals surface area contributed by atoms with Gasteiger partial charge in [-0.15, -0.1) is 0 Å². The van der Waals surface area contributed by atoms with E-state index in [2.05, 4.69) is 0 Å². The molecule has 1 unspecified atom stereocenters. The zero-order valence-electron chi connectivity index (χ0n) is 14.1. The van der Waals surface area contributed by atoms with Gasteiger partial charge < -0.3 is 4.90 Å². The monoisotopic (exact) mass is 359 g/mol.